The fourth-order valence-corrected chi connectivity index (χ4v) is 3.69. The summed E-state index contributed by atoms with van der Waals surface area (Å²) < 4.78 is 40.5. The molecule has 0 saturated carbocycles. The molecule has 3 heterocycles. The molecule has 0 radical (unpaired) electrons. The third kappa shape index (κ3) is 4.32. The molecule has 1 unspecified atom stereocenters. The standard InChI is InChI=1S/C21H19F3N6O/c1-12-27-16(14-7-8-30(11-14)19(31)13-5-3-2-4-6-13)9-17(28-12)15-10-26-20(25)29-18(15)21(22,23)24/h2-6,9-10,14H,7-8,11H2,1H3,(H2,25,26,29). The van der Waals surface area contributed by atoms with Gasteiger partial charge in [0.2, 0.25) is 5.95 Å². The van der Waals surface area contributed by atoms with Crippen LogP contribution in [0.1, 0.15) is 39.9 Å². The summed E-state index contributed by atoms with van der Waals surface area (Å²) in [6, 6.07) is 10.5. The molecule has 7 nitrogen and oxygen atoms in total. The summed E-state index contributed by atoms with van der Waals surface area (Å²) in [6.07, 6.45) is -3.03. The van der Waals surface area contributed by atoms with Crippen molar-refractivity contribution in [2.24, 2.45) is 0 Å². The quantitative estimate of drug-likeness (QED) is 0.686. The van der Waals surface area contributed by atoms with Crippen LogP contribution in [0.2, 0.25) is 0 Å². The van der Waals surface area contributed by atoms with Crippen molar-refractivity contribution in [3.63, 3.8) is 0 Å². The van der Waals surface area contributed by atoms with Crippen molar-refractivity contribution in [1.29, 1.82) is 0 Å². The molecule has 0 bridgehead atoms. The van der Waals surface area contributed by atoms with Gasteiger partial charge in [-0.1, -0.05) is 18.2 Å². The van der Waals surface area contributed by atoms with Gasteiger partial charge in [-0.15, -0.1) is 0 Å². The second kappa shape index (κ2) is 7.93. The summed E-state index contributed by atoms with van der Waals surface area (Å²) in [5.41, 5.74) is 5.20. The van der Waals surface area contributed by atoms with Crippen LogP contribution in [0.3, 0.4) is 0 Å². The van der Waals surface area contributed by atoms with E-state index >= 15 is 0 Å². The van der Waals surface area contributed by atoms with Gasteiger partial charge >= 0.3 is 6.18 Å². The van der Waals surface area contributed by atoms with Crippen LogP contribution < -0.4 is 5.73 Å². The number of likely N-dealkylation sites (tertiary alicyclic amines) is 1. The molecule has 1 aliphatic heterocycles. The van der Waals surface area contributed by atoms with Gasteiger partial charge in [0.15, 0.2) is 5.69 Å². The van der Waals surface area contributed by atoms with Crippen molar-refractivity contribution >= 4 is 11.9 Å². The predicted octanol–water partition coefficient (Wildman–Crippen LogP) is 3.47. The van der Waals surface area contributed by atoms with Crippen LogP contribution in [0.4, 0.5) is 19.1 Å². The summed E-state index contributed by atoms with van der Waals surface area (Å²) in [4.78, 5) is 30.1. The van der Waals surface area contributed by atoms with E-state index in [0.717, 1.165) is 6.20 Å². The molecule has 2 aromatic heterocycles. The minimum absolute atomic E-state index is 0.0719. The average molecular weight is 428 g/mol. The number of amides is 1. The van der Waals surface area contributed by atoms with E-state index in [1.54, 1.807) is 36.1 Å². The number of anilines is 1. The van der Waals surface area contributed by atoms with E-state index in [1.807, 2.05) is 6.07 Å². The van der Waals surface area contributed by atoms with E-state index in [0.29, 0.717) is 36.6 Å². The molecule has 4 rings (SSSR count). The highest BCUT2D eigenvalue weighted by Crippen LogP contribution is 2.36. The van der Waals surface area contributed by atoms with E-state index in [2.05, 4.69) is 19.9 Å². The largest absolute Gasteiger partial charge is 0.434 e. The number of nitrogens with zero attached hydrogens (tertiary/aromatic N) is 5. The highest BCUT2D eigenvalue weighted by molar-refractivity contribution is 5.94. The fourth-order valence-electron chi connectivity index (χ4n) is 3.69. The first-order valence-corrected chi connectivity index (χ1v) is 9.62. The smallest absolute Gasteiger partial charge is 0.368 e. The number of hydrogen-bond acceptors (Lipinski definition) is 6. The van der Waals surface area contributed by atoms with Crippen LogP contribution in [0.15, 0.2) is 42.6 Å². The highest BCUT2D eigenvalue weighted by Gasteiger charge is 2.37. The van der Waals surface area contributed by atoms with E-state index in [1.165, 1.54) is 6.07 Å². The van der Waals surface area contributed by atoms with Gasteiger partial charge in [-0.2, -0.15) is 13.2 Å². The number of nitrogen functional groups attached to an aromatic ring is 1. The molecule has 1 aliphatic rings. The lowest BCUT2D eigenvalue weighted by Crippen LogP contribution is -2.28. The van der Waals surface area contributed by atoms with Gasteiger partial charge in [0.25, 0.3) is 5.91 Å². The number of aromatic nitrogens is 4. The Hall–Kier alpha value is -3.56. The second-order valence-corrected chi connectivity index (χ2v) is 7.32. The monoisotopic (exact) mass is 428 g/mol. The van der Waals surface area contributed by atoms with Gasteiger partial charge in [-0.3, -0.25) is 4.79 Å². The van der Waals surface area contributed by atoms with Gasteiger partial charge in [0, 0.05) is 42.0 Å². The topological polar surface area (TPSA) is 97.9 Å². The first-order chi connectivity index (χ1) is 14.7. The SMILES string of the molecule is Cc1nc(-c2cnc(N)nc2C(F)(F)F)cc(C2CCN(C(=O)c3ccccc3)C2)n1. The Labute approximate surface area is 176 Å². The van der Waals surface area contributed by atoms with Gasteiger partial charge in [-0.25, -0.2) is 19.9 Å². The lowest BCUT2D eigenvalue weighted by molar-refractivity contribution is -0.140. The Morgan fingerprint density at radius 3 is 2.61 bits per heavy atom. The molecular weight excluding hydrogens is 409 g/mol. The molecule has 0 aliphatic carbocycles. The summed E-state index contributed by atoms with van der Waals surface area (Å²) in [5.74, 6) is -0.337. The van der Waals surface area contributed by atoms with Crippen LogP contribution in [-0.4, -0.2) is 43.8 Å². The minimum Gasteiger partial charge on any atom is -0.368 e. The average Bonchev–Trinajstić information content (AvgIpc) is 3.23. The van der Waals surface area contributed by atoms with Crippen LogP contribution >= 0.6 is 0 Å². The second-order valence-electron chi connectivity index (χ2n) is 7.32. The molecule has 1 atom stereocenters. The summed E-state index contributed by atoms with van der Waals surface area (Å²) in [5, 5.41) is 0. The number of carbonyl (C=O) groups excluding carboxylic acids is 1. The van der Waals surface area contributed by atoms with E-state index < -0.39 is 17.8 Å². The molecule has 1 aromatic carbocycles. The molecule has 1 amide bonds. The van der Waals surface area contributed by atoms with Gasteiger partial charge in [-0.05, 0) is 31.5 Å². The van der Waals surface area contributed by atoms with E-state index in [4.69, 9.17) is 5.73 Å². The van der Waals surface area contributed by atoms with Crippen molar-refractivity contribution in [3.05, 3.63) is 65.4 Å². The van der Waals surface area contributed by atoms with Crippen molar-refractivity contribution in [1.82, 2.24) is 24.8 Å². The maximum absolute atomic E-state index is 13.5. The van der Waals surface area contributed by atoms with Gasteiger partial charge < -0.3 is 10.6 Å². The molecule has 2 N–H and O–H groups in total. The Balaban J connectivity index is 1.64. The fraction of sp³-hybridized carbons (Fsp3) is 0.286. The van der Waals surface area contributed by atoms with E-state index in [9.17, 15) is 18.0 Å². The first-order valence-electron chi connectivity index (χ1n) is 9.62. The van der Waals surface area contributed by atoms with Crippen LogP contribution in [-0.2, 0) is 6.18 Å². The van der Waals surface area contributed by atoms with Crippen LogP contribution in [0.5, 0.6) is 0 Å². The van der Waals surface area contributed by atoms with Crippen molar-refractivity contribution in [2.75, 3.05) is 18.8 Å². The number of benzene rings is 1. The number of rotatable bonds is 3. The lowest BCUT2D eigenvalue weighted by atomic mass is 10.0. The Kier molecular flexibility index (Phi) is 5.30. The summed E-state index contributed by atoms with van der Waals surface area (Å²) in [6.45, 7) is 2.57. The zero-order chi connectivity index (χ0) is 22.2. The maximum Gasteiger partial charge on any atom is 0.434 e. The van der Waals surface area contributed by atoms with Gasteiger partial charge in [0.1, 0.15) is 5.82 Å². The zero-order valence-corrected chi connectivity index (χ0v) is 16.6. The molecule has 3 aromatic rings. The first kappa shape index (κ1) is 20.7. The molecule has 160 valence electrons. The Morgan fingerprint density at radius 1 is 1.16 bits per heavy atom. The molecule has 31 heavy (non-hydrogen) atoms. The normalized spacial score (nSPS) is 16.5. The number of carbonyl (C=O) groups is 1. The highest BCUT2D eigenvalue weighted by atomic mass is 19.4. The molecule has 1 fully saturated rings. The number of hydrogen-bond donors (Lipinski definition) is 1. The molecule has 10 heteroatoms. The predicted molar refractivity (Wildman–Crippen MR) is 107 cm³/mol. The Bertz CT molecular complexity index is 1120. The number of halogens is 3. The summed E-state index contributed by atoms with van der Waals surface area (Å²) in [7, 11) is 0. The van der Waals surface area contributed by atoms with Crippen LogP contribution in [0.25, 0.3) is 11.3 Å². The zero-order valence-electron chi connectivity index (χ0n) is 16.6. The van der Waals surface area contributed by atoms with Crippen molar-refractivity contribution in [3.8, 4) is 11.3 Å². The number of alkyl halides is 3. The van der Waals surface area contributed by atoms with Crippen molar-refractivity contribution in [2.45, 2.75) is 25.4 Å². The lowest BCUT2D eigenvalue weighted by Gasteiger charge is -2.17. The van der Waals surface area contributed by atoms with Crippen LogP contribution in [0, 0.1) is 6.92 Å². The van der Waals surface area contributed by atoms with E-state index in [-0.39, 0.29) is 23.1 Å². The molecular formula is C21H19F3N6O. The third-order valence-electron chi connectivity index (χ3n) is 5.12. The number of nitrogens with two attached hydrogens (primary N) is 1. The van der Waals surface area contributed by atoms with Crippen molar-refractivity contribution < 1.29 is 18.0 Å². The molecule has 0 spiro atoms. The number of aryl methyl sites for hydroxylation is 1. The maximum atomic E-state index is 13.5. The molecule has 1 saturated heterocycles. The third-order valence-corrected chi connectivity index (χ3v) is 5.12. The Morgan fingerprint density at radius 2 is 1.90 bits per heavy atom. The minimum atomic E-state index is -4.71. The summed E-state index contributed by atoms with van der Waals surface area (Å²) >= 11 is 0. The van der Waals surface area contributed by atoms with Gasteiger partial charge in [0.05, 0.1) is 5.69 Å².